The molecule has 0 saturated carbocycles. The van der Waals surface area contributed by atoms with Gasteiger partial charge in [-0.3, -0.25) is 0 Å². The second-order valence-corrected chi connectivity index (χ2v) is 6.11. The summed E-state index contributed by atoms with van der Waals surface area (Å²) in [6.45, 7) is 3.04. The van der Waals surface area contributed by atoms with E-state index in [0.29, 0.717) is 0 Å². The molecule has 1 unspecified atom stereocenters. The molecule has 2 nitrogen and oxygen atoms in total. The van der Waals surface area contributed by atoms with Crippen LogP contribution in [-0.2, 0) is 8.85 Å². The van der Waals surface area contributed by atoms with E-state index in [-0.39, 0.29) is 0 Å². The molecule has 3 heteroatoms. The Balaban J connectivity index is 2.37. The molecule has 0 aliphatic carbocycles. The normalized spacial score (nSPS) is 36.7. The van der Waals surface area contributed by atoms with Gasteiger partial charge in [0.1, 0.15) is 0 Å². The van der Waals surface area contributed by atoms with E-state index in [1.165, 1.54) is 18.9 Å². The molecule has 0 aromatic carbocycles. The standard InChI is InChI=1S/C6H14O2Si/c1-7-9(2)6-4-3-5-8-9/h3-6H2,1-2H3. The van der Waals surface area contributed by atoms with Crippen LogP contribution in [0, 0.1) is 0 Å². The van der Waals surface area contributed by atoms with Crippen LogP contribution in [-0.4, -0.2) is 22.3 Å². The molecule has 0 aromatic heterocycles. The molecule has 1 saturated heterocycles. The average molecular weight is 146 g/mol. The van der Waals surface area contributed by atoms with Crippen molar-refractivity contribution in [3.8, 4) is 0 Å². The van der Waals surface area contributed by atoms with Gasteiger partial charge in [0.05, 0.1) is 0 Å². The topological polar surface area (TPSA) is 18.5 Å². The van der Waals surface area contributed by atoms with Gasteiger partial charge in [-0.25, -0.2) is 0 Å². The maximum absolute atomic E-state index is 5.53. The Bertz CT molecular complexity index is 89.1. The summed E-state index contributed by atoms with van der Waals surface area (Å²) in [5.74, 6) is 0. The second kappa shape index (κ2) is 2.81. The van der Waals surface area contributed by atoms with Crippen LogP contribution in [0.1, 0.15) is 12.8 Å². The van der Waals surface area contributed by atoms with Gasteiger partial charge in [-0.05, 0) is 25.4 Å². The summed E-state index contributed by atoms with van der Waals surface area (Å²) in [6.07, 6.45) is 2.50. The Morgan fingerprint density at radius 2 is 2.22 bits per heavy atom. The molecule has 1 aliphatic rings. The van der Waals surface area contributed by atoms with Gasteiger partial charge in [0, 0.05) is 13.7 Å². The van der Waals surface area contributed by atoms with E-state index in [4.69, 9.17) is 8.85 Å². The summed E-state index contributed by atoms with van der Waals surface area (Å²) >= 11 is 0. The summed E-state index contributed by atoms with van der Waals surface area (Å²) in [5.41, 5.74) is 0. The molecule has 1 rings (SSSR count). The Labute approximate surface area is 57.4 Å². The van der Waals surface area contributed by atoms with Crippen LogP contribution in [0.4, 0.5) is 0 Å². The Morgan fingerprint density at radius 3 is 2.56 bits per heavy atom. The maximum atomic E-state index is 5.53. The summed E-state index contributed by atoms with van der Waals surface area (Å²) in [6, 6.07) is 1.17. The number of hydrogen-bond acceptors (Lipinski definition) is 2. The predicted octanol–water partition coefficient (Wildman–Crippen LogP) is 1.52. The Kier molecular flexibility index (Phi) is 2.27. The SMILES string of the molecule is CO[Si]1(C)CCCCO1. The van der Waals surface area contributed by atoms with E-state index in [1.807, 2.05) is 0 Å². The molecular weight excluding hydrogens is 132 g/mol. The van der Waals surface area contributed by atoms with E-state index < -0.39 is 8.56 Å². The van der Waals surface area contributed by atoms with Gasteiger partial charge >= 0.3 is 8.56 Å². The molecule has 54 valence electrons. The van der Waals surface area contributed by atoms with Gasteiger partial charge < -0.3 is 8.85 Å². The first-order valence-electron chi connectivity index (χ1n) is 3.46. The molecule has 1 heterocycles. The van der Waals surface area contributed by atoms with Crippen molar-refractivity contribution in [1.82, 2.24) is 0 Å². The van der Waals surface area contributed by atoms with Crippen LogP contribution in [0.2, 0.25) is 12.6 Å². The lowest BCUT2D eigenvalue weighted by Gasteiger charge is -2.28. The van der Waals surface area contributed by atoms with Crippen molar-refractivity contribution in [3.05, 3.63) is 0 Å². The van der Waals surface area contributed by atoms with Crippen LogP contribution < -0.4 is 0 Å². The molecule has 1 atom stereocenters. The van der Waals surface area contributed by atoms with E-state index in [9.17, 15) is 0 Å². The van der Waals surface area contributed by atoms with Crippen molar-refractivity contribution >= 4 is 8.56 Å². The zero-order chi connectivity index (χ0) is 6.74. The van der Waals surface area contributed by atoms with E-state index in [0.717, 1.165) is 6.61 Å². The van der Waals surface area contributed by atoms with Gasteiger partial charge in [0.15, 0.2) is 0 Å². The van der Waals surface area contributed by atoms with Crippen LogP contribution in [0.25, 0.3) is 0 Å². The highest BCUT2D eigenvalue weighted by Gasteiger charge is 2.31. The van der Waals surface area contributed by atoms with E-state index >= 15 is 0 Å². The zero-order valence-corrected chi connectivity index (χ0v) is 7.14. The lowest BCUT2D eigenvalue weighted by Crippen LogP contribution is -2.40. The molecule has 0 spiro atoms. The van der Waals surface area contributed by atoms with Gasteiger partial charge in [0.25, 0.3) is 0 Å². The van der Waals surface area contributed by atoms with Gasteiger partial charge in [-0.1, -0.05) is 0 Å². The van der Waals surface area contributed by atoms with Crippen LogP contribution in [0.5, 0.6) is 0 Å². The monoisotopic (exact) mass is 146 g/mol. The molecule has 9 heavy (non-hydrogen) atoms. The van der Waals surface area contributed by atoms with Crippen LogP contribution >= 0.6 is 0 Å². The van der Waals surface area contributed by atoms with Crippen molar-refractivity contribution in [2.75, 3.05) is 13.7 Å². The van der Waals surface area contributed by atoms with Crippen LogP contribution in [0.3, 0.4) is 0 Å². The van der Waals surface area contributed by atoms with E-state index in [2.05, 4.69) is 6.55 Å². The van der Waals surface area contributed by atoms with Crippen molar-refractivity contribution < 1.29 is 8.85 Å². The van der Waals surface area contributed by atoms with Crippen molar-refractivity contribution in [1.29, 1.82) is 0 Å². The van der Waals surface area contributed by atoms with Crippen molar-refractivity contribution in [3.63, 3.8) is 0 Å². The summed E-state index contributed by atoms with van der Waals surface area (Å²) in [5, 5.41) is 0. The first-order chi connectivity index (χ1) is 4.27. The summed E-state index contributed by atoms with van der Waals surface area (Å²) in [7, 11) is 0.151. The lowest BCUT2D eigenvalue weighted by atomic mass is 10.4. The largest absolute Gasteiger partial charge is 0.398 e. The lowest BCUT2D eigenvalue weighted by molar-refractivity contribution is 0.181. The smallest absolute Gasteiger partial charge is 0.334 e. The third-order valence-corrected chi connectivity index (χ3v) is 4.80. The Hall–Kier alpha value is 0.137. The molecular formula is C6H14O2Si. The van der Waals surface area contributed by atoms with Crippen molar-refractivity contribution in [2.45, 2.75) is 25.4 Å². The first kappa shape index (κ1) is 7.25. The van der Waals surface area contributed by atoms with Crippen LogP contribution in [0.15, 0.2) is 0 Å². The fourth-order valence-electron chi connectivity index (χ4n) is 1.07. The van der Waals surface area contributed by atoms with E-state index in [1.54, 1.807) is 7.11 Å². The highest BCUT2D eigenvalue weighted by molar-refractivity contribution is 6.66. The minimum atomic E-state index is -1.61. The summed E-state index contributed by atoms with van der Waals surface area (Å²) in [4.78, 5) is 0. The molecule has 0 bridgehead atoms. The second-order valence-electron chi connectivity index (χ2n) is 2.64. The predicted molar refractivity (Wildman–Crippen MR) is 38.6 cm³/mol. The van der Waals surface area contributed by atoms with Gasteiger partial charge in [0.2, 0.25) is 0 Å². The molecule has 0 amide bonds. The summed E-state index contributed by atoms with van der Waals surface area (Å²) < 4.78 is 10.8. The maximum Gasteiger partial charge on any atom is 0.334 e. The molecule has 0 aromatic rings. The van der Waals surface area contributed by atoms with Crippen molar-refractivity contribution in [2.24, 2.45) is 0 Å². The quantitative estimate of drug-likeness (QED) is 0.522. The zero-order valence-electron chi connectivity index (χ0n) is 6.14. The average Bonchev–Trinajstić information content (AvgIpc) is 1.90. The molecule has 1 fully saturated rings. The minimum Gasteiger partial charge on any atom is -0.398 e. The van der Waals surface area contributed by atoms with Gasteiger partial charge in [-0.15, -0.1) is 0 Å². The molecule has 1 aliphatic heterocycles. The molecule has 0 N–H and O–H groups in total. The third-order valence-electron chi connectivity index (χ3n) is 1.86. The Morgan fingerprint density at radius 1 is 1.44 bits per heavy atom. The third kappa shape index (κ3) is 1.78. The highest BCUT2D eigenvalue weighted by atomic mass is 28.4. The highest BCUT2D eigenvalue weighted by Crippen LogP contribution is 2.21. The fourth-order valence-corrected chi connectivity index (χ4v) is 3.00. The number of rotatable bonds is 1. The first-order valence-corrected chi connectivity index (χ1v) is 5.98. The molecule has 0 radical (unpaired) electrons. The minimum absolute atomic E-state index is 0.913. The fraction of sp³-hybridized carbons (Fsp3) is 1.00. The van der Waals surface area contributed by atoms with Gasteiger partial charge in [-0.2, -0.15) is 0 Å². The number of hydrogen-bond donors (Lipinski definition) is 0.